The Morgan fingerprint density at radius 2 is 0.524 bits per heavy atom. The maximum absolute atomic E-state index is 12.8. The van der Waals surface area contributed by atoms with Crippen LogP contribution in [0.2, 0.25) is 0 Å². The summed E-state index contributed by atoms with van der Waals surface area (Å²) >= 11 is 0. The molecule has 0 aromatic carbocycles. The van der Waals surface area contributed by atoms with Crippen LogP contribution in [0.4, 0.5) is 0 Å². The summed E-state index contributed by atoms with van der Waals surface area (Å²) in [7, 11) is 0. The van der Waals surface area contributed by atoms with Crippen LogP contribution in [0.3, 0.4) is 0 Å². The Bertz CT molecular complexity index is 978. The van der Waals surface area contributed by atoms with E-state index in [4.69, 9.17) is 14.2 Å². The Labute approximate surface area is 392 Å². The van der Waals surface area contributed by atoms with E-state index in [1.807, 2.05) is 0 Å². The van der Waals surface area contributed by atoms with E-state index < -0.39 is 6.10 Å². The van der Waals surface area contributed by atoms with E-state index >= 15 is 0 Å². The van der Waals surface area contributed by atoms with E-state index in [1.165, 1.54) is 212 Å². The molecule has 0 aliphatic rings. The summed E-state index contributed by atoms with van der Waals surface area (Å²) in [6, 6.07) is 0. The van der Waals surface area contributed by atoms with Crippen molar-refractivity contribution in [1.29, 1.82) is 0 Å². The SMILES string of the molecule is CCCCCC/C=C\CCCCCCCC(=O)OC(COC(=O)CCCCCCCCCCCCCCC)COC(=O)CCCCCCCCCCCCCCCCCCCCC. The van der Waals surface area contributed by atoms with Crippen molar-refractivity contribution in [1.82, 2.24) is 0 Å². The van der Waals surface area contributed by atoms with Gasteiger partial charge in [-0.2, -0.15) is 0 Å². The average molecular weight is 889 g/mol. The fourth-order valence-corrected chi connectivity index (χ4v) is 8.50. The fraction of sp³-hybridized carbons (Fsp3) is 0.912. The predicted molar refractivity (Wildman–Crippen MR) is 270 cm³/mol. The van der Waals surface area contributed by atoms with E-state index in [9.17, 15) is 14.4 Å². The highest BCUT2D eigenvalue weighted by Crippen LogP contribution is 2.17. The Hall–Kier alpha value is -1.85. The zero-order chi connectivity index (χ0) is 45.8. The van der Waals surface area contributed by atoms with Crippen LogP contribution in [0.15, 0.2) is 12.2 Å². The number of hydrogen-bond acceptors (Lipinski definition) is 6. The number of carbonyl (C=O) groups is 3. The van der Waals surface area contributed by atoms with E-state index in [1.54, 1.807) is 0 Å². The van der Waals surface area contributed by atoms with Crippen LogP contribution in [0.1, 0.15) is 316 Å². The van der Waals surface area contributed by atoms with Crippen molar-refractivity contribution < 1.29 is 28.6 Å². The van der Waals surface area contributed by atoms with Gasteiger partial charge in [0.25, 0.3) is 0 Å². The van der Waals surface area contributed by atoms with Crippen LogP contribution < -0.4 is 0 Å². The standard InChI is InChI=1S/C57H108O6/c1-4-7-10-13-16-19-22-25-26-27-28-29-30-33-35-38-41-44-47-50-56(59)62-53-54(63-57(60)51-48-45-42-39-36-32-24-21-18-15-12-9-6-3)52-61-55(58)49-46-43-40-37-34-31-23-20-17-14-11-8-5-2/h21,24,54H,4-20,22-23,25-53H2,1-3H3/b24-21-. The van der Waals surface area contributed by atoms with Gasteiger partial charge in [-0.25, -0.2) is 0 Å². The molecule has 0 aromatic heterocycles. The monoisotopic (exact) mass is 889 g/mol. The first kappa shape index (κ1) is 61.1. The molecule has 0 saturated carbocycles. The number of allylic oxidation sites excluding steroid dienone is 2. The molecule has 6 nitrogen and oxygen atoms in total. The van der Waals surface area contributed by atoms with E-state index in [0.29, 0.717) is 19.3 Å². The lowest BCUT2D eigenvalue weighted by molar-refractivity contribution is -0.167. The van der Waals surface area contributed by atoms with Gasteiger partial charge in [0, 0.05) is 19.3 Å². The number of ether oxygens (including phenoxy) is 3. The number of esters is 3. The lowest BCUT2D eigenvalue weighted by Gasteiger charge is -2.18. The summed E-state index contributed by atoms with van der Waals surface area (Å²) in [6.07, 6.45) is 59.1. The minimum absolute atomic E-state index is 0.0676. The van der Waals surface area contributed by atoms with Crippen molar-refractivity contribution in [3.63, 3.8) is 0 Å². The Morgan fingerprint density at radius 1 is 0.302 bits per heavy atom. The third-order valence-corrected chi connectivity index (χ3v) is 12.8. The number of rotatable bonds is 52. The molecular formula is C57H108O6. The first-order chi connectivity index (χ1) is 31.0. The molecule has 0 aliphatic carbocycles. The number of hydrogen-bond donors (Lipinski definition) is 0. The van der Waals surface area contributed by atoms with Crippen molar-refractivity contribution in [3.05, 3.63) is 12.2 Å². The lowest BCUT2D eigenvalue weighted by Crippen LogP contribution is -2.30. The van der Waals surface area contributed by atoms with E-state index in [-0.39, 0.29) is 31.1 Å². The molecule has 0 fully saturated rings. The third-order valence-electron chi connectivity index (χ3n) is 12.8. The first-order valence-electron chi connectivity index (χ1n) is 28.2. The highest BCUT2D eigenvalue weighted by Gasteiger charge is 2.19. The van der Waals surface area contributed by atoms with E-state index in [2.05, 4.69) is 32.9 Å². The highest BCUT2D eigenvalue weighted by atomic mass is 16.6. The van der Waals surface area contributed by atoms with Crippen molar-refractivity contribution >= 4 is 17.9 Å². The van der Waals surface area contributed by atoms with Crippen LogP contribution >= 0.6 is 0 Å². The molecule has 0 radical (unpaired) electrons. The van der Waals surface area contributed by atoms with Gasteiger partial charge in [0.1, 0.15) is 13.2 Å². The minimum atomic E-state index is -0.768. The zero-order valence-corrected chi connectivity index (χ0v) is 42.6. The molecule has 0 bridgehead atoms. The van der Waals surface area contributed by atoms with Crippen LogP contribution in [-0.4, -0.2) is 37.2 Å². The van der Waals surface area contributed by atoms with Gasteiger partial charge in [-0.15, -0.1) is 0 Å². The first-order valence-corrected chi connectivity index (χ1v) is 28.2. The smallest absolute Gasteiger partial charge is 0.306 e. The van der Waals surface area contributed by atoms with Crippen molar-refractivity contribution in [3.8, 4) is 0 Å². The summed E-state index contributed by atoms with van der Waals surface area (Å²) in [5, 5.41) is 0. The molecular weight excluding hydrogens is 781 g/mol. The van der Waals surface area contributed by atoms with Crippen molar-refractivity contribution in [2.24, 2.45) is 0 Å². The minimum Gasteiger partial charge on any atom is -0.462 e. The molecule has 0 heterocycles. The average Bonchev–Trinajstić information content (AvgIpc) is 3.28. The van der Waals surface area contributed by atoms with Crippen LogP contribution in [0.5, 0.6) is 0 Å². The molecule has 1 unspecified atom stereocenters. The Morgan fingerprint density at radius 3 is 0.810 bits per heavy atom. The summed E-state index contributed by atoms with van der Waals surface area (Å²) < 4.78 is 16.8. The fourth-order valence-electron chi connectivity index (χ4n) is 8.50. The summed E-state index contributed by atoms with van der Waals surface area (Å²) in [5.74, 6) is -0.855. The van der Waals surface area contributed by atoms with Gasteiger partial charge >= 0.3 is 17.9 Å². The molecule has 0 amide bonds. The Kier molecular flexibility index (Phi) is 51.2. The molecule has 0 aliphatic heterocycles. The summed E-state index contributed by atoms with van der Waals surface area (Å²) in [6.45, 7) is 6.67. The number of unbranched alkanes of at least 4 members (excludes halogenated alkanes) is 39. The molecule has 0 saturated heterocycles. The molecule has 0 spiro atoms. The second kappa shape index (κ2) is 52.8. The topological polar surface area (TPSA) is 78.9 Å². The quantitative estimate of drug-likeness (QED) is 0.0262. The molecule has 1 atom stereocenters. The Balaban J connectivity index is 4.27. The summed E-state index contributed by atoms with van der Waals surface area (Å²) in [4.78, 5) is 38.0. The normalized spacial score (nSPS) is 12.0. The van der Waals surface area contributed by atoms with Crippen LogP contribution in [0, 0.1) is 0 Å². The predicted octanol–water partition coefficient (Wildman–Crippen LogP) is 18.5. The van der Waals surface area contributed by atoms with Crippen LogP contribution in [-0.2, 0) is 28.6 Å². The second-order valence-corrected chi connectivity index (χ2v) is 19.2. The molecule has 0 rings (SSSR count). The van der Waals surface area contributed by atoms with Crippen LogP contribution in [0.25, 0.3) is 0 Å². The van der Waals surface area contributed by atoms with Gasteiger partial charge in [-0.3, -0.25) is 14.4 Å². The van der Waals surface area contributed by atoms with Gasteiger partial charge in [0.15, 0.2) is 6.10 Å². The lowest BCUT2D eigenvalue weighted by atomic mass is 10.0. The van der Waals surface area contributed by atoms with Crippen molar-refractivity contribution in [2.75, 3.05) is 13.2 Å². The van der Waals surface area contributed by atoms with E-state index in [0.717, 1.165) is 64.2 Å². The van der Waals surface area contributed by atoms with Gasteiger partial charge in [0.05, 0.1) is 0 Å². The van der Waals surface area contributed by atoms with Gasteiger partial charge in [-0.1, -0.05) is 264 Å². The highest BCUT2D eigenvalue weighted by molar-refractivity contribution is 5.71. The second-order valence-electron chi connectivity index (χ2n) is 19.2. The zero-order valence-electron chi connectivity index (χ0n) is 42.6. The molecule has 0 N–H and O–H groups in total. The van der Waals surface area contributed by atoms with Gasteiger partial charge in [0.2, 0.25) is 0 Å². The maximum Gasteiger partial charge on any atom is 0.306 e. The molecule has 63 heavy (non-hydrogen) atoms. The van der Waals surface area contributed by atoms with Gasteiger partial charge in [-0.05, 0) is 44.9 Å². The molecule has 372 valence electrons. The van der Waals surface area contributed by atoms with Gasteiger partial charge < -0.3 is 14.2 Å². The maximum atomic E-state index is 12.8. The molecule has 6 heteroatoms. The molecule has 0 aromatic rings. The number of carbonyl (C=O) groups excluding carboxylic acids is 3. The van der Waals surface area contributed by atoms with Crippen molar-refractivity contribution in [2.45, 2.75) is 322 Å². The summed E-state index contributed by atoms with van der Waals surface area (Å²) in [5.41, 5.74) is 0. The largest absolute Gasteiger partial charge is 0.462 e. The third kappa shape index (κ3) is 51.0.